The Balaban J connectivity index is 1.76. The number of aryl methyl sites for hydroxylation is 1. The molecule has 3 rings (SSSR count). The number of aromatic carboxylic acids is 1. The summed E-state index contributed by atoms with van der Waals surface area (Å²) in [6, 6.07) is 8.60. The minimum absolute atomic E-state index is 0.0267. The third kappa shape index (κ3) is 3.64. The minimum atomic E-state index is -0.978. The molecule has 1 aliphatic heterocycles. The van der Waals surface area contributed by atoms with Gasteiger partial charge < -0.3 is 10.0 Å². The number of hydrogen-bond donors (Lipinski definition) is 2. The van der Waals surface area contributed by atoms with Crippen molar-refractivity contribution >= 4 is 23.3 Å². The molecule has 0 spiro atoms. The van der Waals surface area contributed by atoms with E-state index in [1.54, 1.807) is 29.4 Å². The Morgan fingerprint density at radius 1 is 1.35 bits per heavy atom. The number of carbonyl (C=O) groups is 2. The Kier molecular flexibility index (Phi) is 5.11. The van der Waals surface area contributed by atoms with E-state index in [9.17, 15) is 9.59 Å². The normalized spacial score (nSPS) is 14.4. The maximum Gasteiger partial charge on any atom is 0.335 e. The molecule has 0 fully saturated rings. The molecule has 0 saturated carbocycles. The molecule has 134 valence electrons. The van der Waals surface area contributed by atoms with Gasteiger partial charge in [-0.1, -0.05) is 13.0 Å². The van der Waals surface area contributed by atoms with Crippen molar-refractivity contribution in [3.63, 3.8) is 0 Å². The maximum absolute atomic E-state index is 12.8. The molecule has 0 radical (unpaired) electrons. The average Bonchev–Trinajstić information content (AvgIpc) is 2.67. The number of pyridine rings is 1. The van der Waals surface area contributed by atoms with Gasteiger partial charge in [0.1, 0.15) is 0 Å². The second-order valence-electron chi connectivity index (χ2n) is 6.58. The fraction of sp³-hybridized carbons (Fsp3) is 0.300. The number of rotatable bonds is 5. The summed E-state index contributed by atoms with van der Waals surface area (Å²) in [4.78, 5) is 29.6. The summed E-state index contributed by atoms with van der Waals surface area (Å²) >= 11 is 0. The predicted molar refractivity (Wildman–Crippen MR) is 99.1 cm³/mol. The highest BCUT2D eigenvalue weighted by Gasteiger charge is 2.27. The lowest BCUT2D eigenvalue weighted by atomic mass is 9.95. The Bertz CT molecular complexity index is 849. The van der Waals surface area contributed by atoms with Crippen LogP contribution in [0.4, 0.5) is 5.69 Å². The van der Waals surface area contributed by atoms with Gasteiger partial charge in [-0.25, -0.2) is 4.79 Å². The van der Waals surface area contributed by atoms with E-state index in [1.165, 1.54) is 6.07 Å². The van der Waals surface area contributed by atoms with E-state index in [1.807, 2.05) is 19.1 Å². The van der Waals surface area contributed by atoms with Crippen LogP contribution < -0.4 is 4.90 Å². The molecule has 1 unspecified atom stereocenters. The van der Waals surface area contributed by atoms with Crippen molar-refractivity contribution in [1.82, 2.24) is 4.98 Å². The van der Waals surface area contributed by atoms with Gasteiger partial charge in [0, 0.05) is 31.0 Å². The van der Waals surface area contributed by atoms with Crippen LogP contribution >= 0.6 is 0 Å². The Labute approximate surface area is 152 Å². The number of carboxylic acids is 1. The van der Waals surface area contributed by atoms with Crippen LogP contribution in [0.5, 0.6) is 0 Å². The first kappa shape index (κ1) is 17.8. The van der Waals surface area contributed by atoms with Crippen molar-refractivity contribution in [3.8, 4) is 0 Å². The molecule has 1 aromatic carbocycles. The van der Waals surface area contributed by atoms with Gasteiger partial charge in [-0.3, -0.25) is 15.2 Å². The number of amides is 1. The van der Waals surface area contributed by atoms with Crippen LogP contribution in [0, 0.1) is 5.41 Å². The van der Waals surface area contributed by atoms with Gasteiger partial charge in [0.15, 0.2) is 0 Å². The topological polar surface area (TPSA) is 94.4 Å². The standard InChI is InChI=1S/C20H21N3O3/c1-13(16-4-2-8-22-12-16)10-17(21)19(24)23-9-3-5-14-11-15(20(25)26)6-7-18(14)23/h2,4,6-8,11-13,21H,3,5,9-10H2,1H3,(H,25,26). The summed E-state index contributed by atoms with van der Waals surface area (Å²) in [5, 5.41) is 17.4. The number of anilines is 1. The molecule has 26 heavy (non-hydrogen) atoms. The molecule has 2 aromatic rings. The van der Waals surface area contributed by atoms with Crippen LogP contribution in [-0.4, -0.2) is 34.2 Å². The summed E-state index contributed by atoms with van der Waals surface area (Å²) in [7, 11) is 0. The predicted octanol–water partition coefficient (Wildman–Crippen LogP) is 3.27. The number of benzene rings is 1. The van der Waals surface area contributed by atoms with Gasteiger partial charge in [0.25, 0.3) is 5.91 Å². The highest BCUT2D eigenvalue weighted by atomic mass is 16.4. The fourth-order valence-corrected chi connectivity index (χ4v) is 3.28. The minimum Gasteiger partial charge on any atom is -0.478 e. The molecule has 6 heteroatoms. The Morgan fingerprint density at radius 2 is 2.15 bits per heavy atom. The van der Waals surface area contributed by atoms with Crippen molar-refractivity contribution < 1.29 is 14.7 Å². The summed E-state index contributed by atoms with van der Waals surface area (Å²) in [5.74, 6) is -1.27. The first-order chi connectivity index (χ1) is 12.5. The molecule has 2 N–H and O–H groups in total. The first-order valence-corrected chi connectivity index (χ1v) is 8.63. The van der Waals surface area contributed by atoms with E-state index >= 15 is 0 Å². The van der Waals surface area contributed by atoms with Gasteiger partial charge in [-0.2, -0.15) is 0 Å². The van der Waals surface area contributed by atoms with Crippen molar-refractivity contribution in [2.45, 2.75) is 32.1 Å². The smallest absolute Gasteiger partial charge is 0.335 e. The molecule has 1 aliphatic rings. The lowest BCUT2D eigenvalue weighted by Gasteiger charge is -2.30. The van der Waals surface area contributed by atoms with Gasteiger partial charge in [-0.05, 0) is 54.2 Å². The highest BCUT2D eigenvalue weighted by molar-refractivity contribution is 6.42. The number of fused-ring (bicyclic) bond motifs is 1. The number of hydrogen-bond acceptors (Lipinski definition) is 4. The maximum atomic E-state index is 12.8. The Morgan fingerprint density at radius 3 is 2.85 bits per heavy atom. The number of nitrogens with zero attached hydrogens (tertiary/aromatic N) is 2. The lowest BCUT2D eigenvalue weighted by Crippen LogP contribution is -2.40. The van der Waals surface area contributed by atoms with E-state index in [4.69, 9.17) is 10.5 Å². The van der Waals surface area contributed by atoms with Gasteiger partial charge >= 0.3 is 5.97 Å². The molecule has 6 nitrogen and oxygen atoms in total. The van der Waals surface area contributed by atoms with Crippen LogP contribution in [0.3, 0.4) is 0 Å². The zero-order chi connectivity index (χ0) is 18.7. The summed E-state index contributed by atoms with van der Waals surface area (Å²) < 4.78 is 0. The molecule has 0 saturated heterocycles. The summed E-state index contributed by atoms with van der Waals surface area (Å²) in [5.41, 5.74) is 2.83. The van der Waals surface area contributed by atoms with Crippen molar-refractivity contribution in [3.05, 3.63) is 59.4 Å². The van der Waals surface area contributed by atoms with Crippen molar-refractivity contribution in [1.29, 1.82) is 5.41 Å². The average molecular weight is 351 g/mol. The molecule has 1 aromatic heterocycles. The van der Waals surface area contributed by atoms with Gasteiger partial charge in [0.2, 0.25) is 0 Å². The monoisotopic (exact) mass is 351 g/mol. The van der Waals surface area contributed by atoms with Gasteiger partial charge in [-0.15, -0.1) is 0 Å². The van der Waals surface area contributed by atoms with Crippen LogP contribution in [-0.2, 0) is 11.2 Å². The second-order valence-corrected chi connectivity index (χ2v) is 6.58. The van der Waals surface area contributed by atoms with Crippen LogP contribution in [0.1, 0.15) is 47.2 Å². The van der Waals surface area contributed by atoms with Crippen LogP contribution in [0.2, 0.25) is 0 Å². The molecular formula is C20H21N3O3. The first-order valence-electron chi connectivity index (χ1n) is 8.63. The number of nitrogens with one attached hydrogen (secondary N) is 1. The largest absolute Gasteiger partial charge is 0.478 e. The quantitative estimate of drug-likeness (QED) is 0.808. The Hall–Kier alpha value is -3.02. The van der Waals surface area contributed by atoms with E-state index in [0.717, 1.165) is 24.0 Å². The third-order valence-electron chi connectivity index (χ3n) is 4.71. The van der Waals surface area contributed by atoms with Crippen LogP contribution in [0.15, 0.2) is 42.7 Å². The van der Waals surface area contributed by atoms with E-state index < -0.39 is 5.97 Å². The molecular weight excluding hydrogens is 330 g/mol. The molecule has 2 heterocycles. The summed E-state index contributed by atoms with van der Waals surface area (Å²) in [6.45, 7) is 2.52. The van der Waals surface area contributed by atoms with Gasteiger partial charge in [0.05, 0.1) is 11.3 Å². The fourth-order valence-electron chi connectivity index (χ4n) is 3.28. The van der Waals surface area contributed by atoms with E-state index in [-0.39, 0.29) is 23.1 Å². The molecule has 1 atom stereocenters. The van der Waals surface area contributed by atoms with Crippen molar-refractivity contribution in [2.75, 3.05) is 11.4 Å². The van der Waals surface area contributed by atoms with Crippen molar-refractivity contribution in [2.24, 2.45) is 0 Å². The molecule has 1 amide bonds. The summed E-state index contributed by atoms with van der Waals surface area (Å²) in [6.07, 6.45) is 5.28. The zero-order valence-corrected chi connectivity index (χ0v) is 14.6. The van der Waals surface area contributed by atoms with Crippen LogP contribution in [0.25, 0.3) is 0 Å². The highest BCUT2D eigenvalue weighted by Crippen LogP contribution is 2.29. The molecule has 0 aliphatic carbocycles. The zero-order valence-electron chi connectivity index (χ0n) is 14.6. The number of carbonyl (C=O) groups excluding carboxylic acids is 1. The number of aromatic nitrogens is 1. The second kappa shape index (κ2) is 7.47. The molecule has 0 bridgehead atoms. The number of carboxylic acid groups (broad SMARTS) is 1. The van der Waals surface area contributed by atoms with E-state index in [0.29, 0.717) is 18.7 Å². The lowest BCUT2D eigenvalue weighted by molar-refractivity contribution is -0.112. The third-order valence-corrected chi connectivity index (χ3v) is 4.71. The SMILES string of the molecule is CC(CC(=N)C(=O)N1CCCc2cc(C(=O)O)ccc21)c1cccnc1. The van der Waals surface area contributed by atoms with E-state index in [2.05, 4.69) is 4.98 Å².